The third kappa shape index (κ3) is 3.14. The maximum Gasteiger partial charge on any atom is 0.258 e. The molecule has 1 atom stereocenters. The number of fused-ring (bicyclic) bond motifs is 1. The maximum atomic E-state index is 12.1. The first-order valence-corrected chi connectivity index (χ1v) is 6.84. The summed E-state index contributed by atoms with van der Waals surface area (Å²) in [6.45, 7) is 6.19. The molecule has 0 fully saturated rings. The second kappa shape index (κ2) is 5.72. The molecule has 19 heavy (non-hydrogen) atoms. The Balaban J connectivity index is 2.52. The predicted molar refractivity (Wildman–Crippen MR) is 78.7 cm³/mol. The van der Waals surface area contributed by atoms with Crippen LogP contribution in [-0.4, -0.2) is 16.0 Å². The van der Waals surface area contributed by atoms with Gasteiger partial charge in [-0.15, -0.1) is 0 Å². The normalized spacial score (nSPS) is 13.1. The van der Waals surface area contributed by atoms with Gasteiger partial charge in [0.15, 0.2) is 0 Å². The summed E-state index contributed by atoms with van der Waals surface area (Å²) in [6.07, 6.45) is 0.854. The molecule has 0 saturated carbocycles. The summed E-state index contributed by atoms with van der Waals surface area (Å²) in [5.41, 5.74) is 0.510. The van der Waals surface area contributed by atoms with Crippen molar-refractivity contribution in [2.75, 3.05) is 0 Å². The van der Waals surface area contributed by atoms with E-state index in [1.807, 2.05) is 0 Å². The highest BCUT2D eigenvalue weighted by Crippen LogP contribution is 2.18. The number of aromatic nitrogens is 2. The molecular weight excluding hydrogens is 262 g/mol. The van der Waals surface area contributed by atoms with Crippen molar-refractivity contribution in [3.63, 3.8) is 0 Å². The summed E-state index contributed by atoms with van der Waals surface area (Å²) < 4.78 is 0. The van der Waals surface area contributed by atoms with Crippen molar-refractivity contribution in [3.05, 3.63) is 39.4 Å². The molecule has 5 heteroatoms. The zero-order valence-corrected chi connectivity index (χ0v) is 12.1. The topological polar surface area (TPSA) is 57.8 Å². The highest BCUT2D eigenvalue weighted by molar-refractivity contribution is 6.31. The zero-order valence-electron chi connectivity index (χ0n) is 11.3. The SMILES string of the molecule is CCC(NC(C)C)c1nc2cc(Cl)ccc2c(=O)[nH]1. The maximum absolute atomic E-state index is 12.1. The summed E-state index contributed by atoms with van der Waals surface area (Å²) in [7, 11) is 0. The minimum Gasteiger partial charge on any atom is -0.309 e. The van der Waals surface area contributed by atoms with Crippen LogP contribution in [0.1, 0.15) is 39.1 Å². The van der Waals surface area contributed by atoms with Gasteiger partial charge >= 0.3 is 0 Å². The minimum atomic E-state index is -0.124. The molecule has 0 radical (unpaired) electrons. The Morgan fingerprint density at radius 3 is 2.79 bits per heavy atom. The summed E-state index contributed by atoms with van der Waals surface area (Å²) in [5, 5.41) is 4.53. The third-order valence-electron chi connectivity index (χ3n) is 2.96. The summed E-state index contributed by atoms with van der Waals surface area (Å²) in [6, 6.07) is 5.48. The van der Waals surface area contributed by atoms with Crippen LogP contribution in [0.5, 0.6) is 0 Å². The second-order valence-electron chi connectivity index (χ2n) is 4.89. The van der Waals surface area contributed by atoms with E-state index >= 15 is 0 Å². The van der Waals surface area contributed by atoms with Gasteiger partial charge in [-0.25, -0.2) is 4.98 Å². The Hall–Kier alpha value is -1.39. The molecule has 1 aromatic carbocycles. The van der Waals surface area contributed by atoms with Gasteiger partial charge in [-0.05, 0) is 24.6 Å². The van der Waals surface area contributed by atoms with Gasteiger partial charge < -0.3 is 10.3 Å². The molecule has 102 valence electrons. The van der Waals surface area contributed by atoms with Gasteiger partial charge in [0.1, 0.15) is 5.82 Å². The van der Waals surface area contributed by atoms with Crippen molar-refractivity contribution in [3.8, 4) is 0 Å². The van der Waals surface area contributed by atoms with E-state index < -0.39 is 0 Å². The first kappa shape index (κ1) is 14.0. The van der Waals surface area contributed by atoms with E-state index in [4.69, 9.17) is 11.6 Å². The largest absolute Gasteiger partial charge is 0.309 e. The molecule has 0 aliphatic carbocycles. The summed E-state index contributed by atoms with van der Waals surface area (Å²) in [5.74, 6) is 0.663. The van der Waals surface area contributed by atoms with Gasteiger partial charge in [0.05, 0.1) is 16.9 Å². The van der Waals surface area contributed by atoms with Crippen LogP contribution in [0.2, 0.25) is 5.02 Å². The average molecular weight is 280 g/mol. The Bertz CT molecular complexity index is 636. The number of hydrogen-bond acceptors (Lipinski definition) is 3. The number of benzene rings is 1. The fraction of sp³-hybridized carbons (Fsp3) is 0.429. The van der Waals surface area contributed by atoms with Gasteiger partial charge in [-0.3, -0.25) is 4.79 Å². The van der Waals surface area contributed by atoms with Gasteiger partial charge in [0.2, 0.25) is 0 Å². The van der Waals surface area contributed by atoms with E-state index in [1.54, 1.807) is 18.2 Å². The van der Waals surface area contributed by atoms with Crippen molar-refractivity contribution >= 4 is 22.5 Å². The Morgan fingerprint density at radius 1 is 1.42 bits per heavy atom. The lowest BCUT2D eigenvalue weighted by atomic mass is 10.1. The van der Waals surface area contributed by atoms with E-state index in [-0.39, 0.29) is 11.6 Å². The van der Waals surface area contributed by atoms with Crippen LogP contribution in [-0.2, 0) is 0 Å². The van der Waals surface area contributed by atoms with Crippen molar-refractivity contribution < 1.29 is 0 Å². The van der Waals surface area contributed by atoms with Gasteiger partial charge in [0, 0.05) is 11.1 Å². The lowest BCUT2D eigenvalue weighted by Gasteiger charge is -2.19. The molecule has 0 bridgehead atoms. The number of nitrogens with zero attached hydrogens (tertiary/aromatic N) is 1. The molecule has 0 amide bonds. The molecular formula is C14H18ClN3O. The molecule has 2 N–H and O–H groups in total. The molecule has 2 rings (SSSR count). The van der Waals surface area contributed by atoms with Crippen LogP contribution < -0.4 is 10.9 Å². The van der Waals surface area contributed by atoms with Gasteiger partial charge in [0.25, 0.3) is 5.56 Å². The molecule has 1 unspecified atom stereocenters. The van der Waals surface area contributed by atoms with Crippen LogP contribution in [0.25, 0.3) is 10.9 Å². The van der Waals surface area contributed by atoms with Crippen LogP contribution in [0.3, 0.4) is 0 Å². The Labute approximate surface area is 117 Å². The van der Waals surface area contributed by atoms with E-state index in [0.29, 0.717) is 27.8 Å². The smallest absolute Gasteiger partial charge is 0.258 e. The number of H-pyrrole nitrogens is 1. The van der Waals surface area contributed by atoms with Crippen LogP contribution in [0.4, 0.5) is 0 Å². The van der Waals surface area contributed by atoms with Crippen molar-refractivity contribution in [1.82, 2.24) is 15.3 Å². The van der Waals surface area contributed by atoms with Crippen molar-refractivity contribution in [1.29, 1.82) is 0 Å². The van der Waals surface area contributed by atoms with E-state index in [1.165, 1.54) is 0 Å². The molecule has 1 aromatic heterocycles. The lowest BCUT2D eigenvalue weighted by Crippen LogP contribution is -2.30. The van der Waals surface area contributed by atoms with Crippen molar-refractivity contribution in [2.45, 2.75) is 39.3 Å². The molecule has 4 nitrogen and oxygen atoms in total. The quantitative estimate of drug-likeness (QED) is 0.904. The first-order chi connectivity index (χ1) is 9.01. The highest BCUT2D eigenvalue weighted by atomic mass is 35.5. The Kier molecular flexibility index (Phi) is 4.22. The van der Waals surface area contributed by atoms with Crippen molar-refractivity contribution in [2.24, 2.45) is 0 Å². The molecule has 0 spiro atoms. The van der Waals surface area contributed by atoms with Crippen LogP contribution in [0, 0.1) is 0 Å². The summed E-state index contributed by atoms with van der Waals surface area (Å²) >= 11 is 5.95. The first-order valence-electron chi connectivity index (χ1n) is 6.46. The average Bonchev–Trinajstić information content (AvgIpc) is 2.34. The second-order valence-corrected chi connectivity index (χ2v) is 5.33. The monoisotopic (exact) mass is 279 g/mol. The summed E-state index contributed by atoms with van der Waals surface area (Å²) in [4.78, 5) is 19.4. The highest BCUT2D eigenvalue weighted by Gasteiger charge is 2.14. The molecule has 0 aliphatic rings. The number of halogens is 1. The number of aromatic amines is 1. The number of nitrogens with one attached hydrogen (secondary N) is 2. The van der Waals surface area contributed by atoms with E-state index in [2.05, 4.69) is 36.1 Å². The third-order valence-corrected chi connectivity index (χ3v) is 3.19. The number of rotatable bonds is 4. The zero-order chi connectivity index (χ0) is 14.0. The molecule has 0 aliphatic heterocycles. The van der Waals surface area contributed by atoms with E-state index in [9.17, 15) is 4.79 Å². The van der Waals surface area contributed by atoms with E-state index in [0.717, 1.165) is 6.42 Å². The predicted octanol–water partition coefficient (Wildman–Crippen LogP) is 3.03. The molecule has 1 heterocycles. The van der Waals surface area contributed by atoms with Gasteiger partial charge in [-0.1, -0.05) is 32.4 Å². The standard InChI is InChI=1S/C14H18ClN3O/c1-4-11(16-8(2)3)13-17-12-7-9(15)5-6-10(12)14(19)18-13/h5-8,11,16H,4H2,1-3H3,(H,17,18,19). The molecule has 0 saturated heterocycles. The van der Waals surface area contributed by atoms with Crippen LogP contribution >= 0.6 is 11.6 Å². The fourth-order valence-corrected chi connectivity index (χ4v) is 2.25. The Morgan fingerprint density at radius 2 is 2.16 bits per heavy atom. The van der Waals surface area contributed by atoms with Crippen LogP contribution in [0.15, 0.2) is 23.0 Å². The number of hydrogen-bond donors (Lipinski definition) is 2. The fourth-order valence-electron chi connectivity index (χ4n) is 2.09. The lowest BCUT2D eigenvalue weighted by molar-refractivity contribution is 0.448. The van der Waals surface area contributed by atoms with Gasteiger partial charge in [-0.2, -0.15) is 0 Å². The molecule has 2 aromatic rings. The minimum absolute atomic E-state index is 0.0380.